The van der Waals surface area contributed by atoms with Crippen molar-refractivity contribution in [3.63, 3.8) is 0 Å². The standard InChI is InChI=1S/C36H55N7O2Si/c1-35(2,3)46(5,6)45-30-11-9-24(10-12-30)20-39-31-27-14-25-15-28(31)18-36(16-25,17-27)23-42-32-29(19-37)22-41-34(43-32)40-21-26-8-7-13-38-33(26)44-4/h7-8,13,22,24-25,27-28,30-31,39H,9-12,14-18,20-21,23H2,1-6H3,(H2,40,41,42,43)/t24-,25?,27-,28+,30-,31-,36-. The molecule has 3 N–H and O–H groups in total. The molecular weight excluding hydrogens is 591 g/mol. The van der Waals surface area contributed by atoms with E-state index < -0.39 is 8.32 Å². The summed E-state index contributed by atoms with van der Waals surface area (Å²) in [4.78, 5) is 13.4. The first-order valence-electron chi connectivity index (χ1n) is 17.6. The molecule has 0 saturated heterocycles. The van der Waals surface area contributed by atoms with Crippen molar-refractivity contribution in [2.75, 3.05) is 30.8 Å². The number of pyridine rings is 1. The van der Waals surface area contributed by atoms with Crippen LogP contribution >= 0.6 is 0 Å². The van der Waals surface area contributed by atoms with E-state index in [0.29, 0.717) is 41.9 Å². The lowest BCUT2D eigenvalue weighted by atomic mass is 9.48. The lowest BCUT2D eigenvalue weighted by Crippen LogP contribution is -2.60. The summed E-state index contributed by atoms with van der Waals surface area (Å²) in [6.07, 6.45) is 15.3. The number of methoxy groups -OCH3 is 1. The Bertz CT molecular complexity index is 1380. The average molecular weight is 646 g/mol. The zero-order chi connectivity index (χ0) is 32.5. The van der Waals surface area contributed by atoms with Crippen LogP contribution in [0.2, 0.25) is 18.1 Å². The minimum absolute atomic E-state index is 0.278. The Kier molecular flexibility index (Phi) is 9.66. The van der Waals surface area contributed by atoms with E-state index >= 15 is 0 Å². The van der Waals surface area contributed by atoms with E-state index in [0.717, 1.165) is 42.3 Å². The van der Waals surface area contributed by atoms with E-state index in [-0.39, 0.29) is 10.5 Å². The largest absolute Gasteiger partial charge is 0.481 e. The number of hydrogen-bond donors (Lipinski definition) is 3. The first-order valence-corrected chi connectivity index (χ1v) is 20.5. The highest BCUT2D eigenvalue weighted by atomic mass is 28.4. The molecule has 0 aliphatic heterocycles. The Morgan fingerprint density at radius 2 is 1.78 bits per heavy atom. The van der Waals surface area contributed by atoms with Gasteiger partial charge < -0.3 is 25.1 Å². The van der Waals surface area contributed by atoms with Crippen molar-refractivity contribution in [2.24, 2.45) is 29.1 Å². The van der Waals surface area contributed by atoms with Gasteiger partial charge in [0.1, 0.15) is 17.5 Å². The van der Waals surface area contributed by atoms with Crippen LogP contribution in [0.5, 0.6) is 5.88 Å². The normalized spacial score (nSPS) is 30.5. The number of nitriles is 1. The molecule has 4 bridgehead atoms. The predicted octanol–water partition coefficient (Wildman–Crippen LogP) is 7.14. The van der Waals surface area contributed by atoms with Crippen molar-refractivity contribution in [1.82, 2.24) is 20.3 Å². The average Bonchev–Trinajstić information content (AvgIpc) is 3.02. The van der Waals surface area contributed by atoms with E-state index in [9.17, 15) is 5.26 Å². The van der Waals surface area contributed by atoms with Gasteiger partial charge in [0, 0.05) is 37.0 Å². The van der Waals surface area contributed by atoms with Crippen molar-refractivity contribution in [3.05, 3.63) is 35.7 Å². The van der Waals surface area contributed by atoms with E-state index in [4.69, 9.17) is 14.1 Å². The van der Waals surface area contributed by atoms with Crippen LogP contribution in [-0.2, 0) is 11.0 Å². The second-order valence-corrected chi connectivity index (χ2v) is 21.1. The SMILES string of the molecule is COc1ncccc1CNc1ncc(C#N)c(NC[C@]23CC4C[C@H](C2)[C@@H](NC[C@H]2CC[C@H](O[Si](C)(C)C(C)(C)C)CC2)[C@@H](C4)C3)n1. The number of rotatable bonds is 12. The third kappa shape index (κ3) is 7.22. The number of aromatic nitrogens is 3. The van der Waals surface area contributed by atoms with Crippen LogP contribution in [0.15, 0.2) is 24.5 Å². The third-order valence-electron chi connectivity index (χ3n) is 12.1. The lowest BCUT2D eigenvalue weighted by Gasteiger charge is -2.60. The molecule has 5 saturated carbocycles. The number of nitrogens with zero attached hydrogens (tertiary/aromatic N) is 4. The highest BCUT2D eigenvalue weighted by Crippen LogP contribution is 2.60. The quantitative estimate of drug-likeness (QED) is 0.207. The minimum Gasteiger partial charge on any atom is -0.481 e. The van der Waals surface area contributed by atoms with Gasteiger partial charge in [0.15, 0.2) is 8.32 Å². The molecule has 2 heterocycles. The summed E-state index contributed by atoms with van der Waals surface area (Å²) in [5.41, 5.74) is 1.69. The Hall–Kier alpha value is -2.74. The molecule has 1 unspecified atom stereocenters. The molecule has 0 spiro atoms. The second kappa shape index (κ2) is 13.4. The maximum atomic E-state index is 9.81. The van der Waals surface area contributed by atoms with Crippen LogP contribution in [0.3, 0.4) is 0 Å². The van der Waals surface area contributed by atoms with E-state index in [1.54, 1.807) is 19.5 Å². The molecule has 250 valence electrons. The molecule has 5 aliphatic rings. The lowest BCUT2D eigenvalue weighted by molar-refractivity contribution is -0.0704. The fourth-order valence-corrected chi connectivity index (χ4v) is 10.4. The third-order valence-corrected chi connectivity index (χ3v) is 16.7. The maximum absolute atomic E-state index is 9.81. The van der Waals surface area contributed by atoms with Crippen molar-refractivity contribution < 1.29 is 9.16 Å². The Morgan fingerprint density at radius 1 is 1.04 bits per heavy atom. The van der Waals surface area contributed by atoms with Gasteiger partial charge in [0.05, 0.1) is 13.3 Å². The van der Waals surface area contributed by atoms with Gasteiger partial charge in [0.2, 0.25) is 11.8 Å². The van der Waals surface area contributed by atoms with Crippen molar-refractivity contribution in [1.29, 1.82) is 5.26 Å². The molecular formula is C36H55N7O2Si. The molecule has 46 heavy (non-hydrogen) atoms. The summed E-state index contributed by atoms with van der Waals surface area (Å²) in [7, 11) is -0.0773. The van der Waals surface area contributed by atoms with Crippen LogP contribution in [-0.4, -0.2) is 55.6 Å². The van der Waals surface area contributed by atoms with E-state index in [2.05, 4.69) is 65.9 Å². The van der Waals surface area contributed by atoms with Gasteiger partial charge in [-0.25, -0.2) is 9.97 Å². The summed E-state index contributed by atoms with van der Waals surface area (Å²) in [5.74, 6) is 4.79. The fraction of sp³-hybridized carbons (Fsp3) is 0.722. The molecule has 5 fully saturated rings. The Morgan fingerprint density at radius 3 is 2.46 bits per heavy atom. The summed E-state index contributed by atoms with van der Waals surface area (Å²) in [6, 6.07) is 6.79. The molecule has 0 amide bonds. The smallest absolute Gasteiger partial charge is 0.224 e. The molecule has 0 radical (unpaired) electrons. The molecule has 5 atom stereocenters. The number of ether oxygens (including phenoxy) is 1. The number of nitrogens with one attached hydrogen (secondary N) is 3. The highest BCUT2D eigenvalue weighted by molar-refractivity contribution is 6.74. The summed E-state index contributed by atoms with van der Waals surface area (Å²) in [5, 5.41) is 21.1. The molecule has 5 aliphatic carbocycles. The van der Waals surface area contributed by atoms with Gasteiger partial charge in [-0.2, -0.15) is 10.2 Å². The summed E-state index contributed by atoms with van der Waals surface area (Å²) >= 11 is 0. The van der Waals surface area contributed by atoms with Crippen molar-refractivity contribution in [2.45, 2.75) is 115 Å². The van der Waals surface area contributed by atoms with Gasteiger partial charge in [0.25, 0.3) is 0 Å². The second-order valence-electron chi connectivity index (χ2n) is 16.4. The molecule has 0 aromatic carbocycles. The number of anilines is 2. The monoisotopic (exact) mass is 645 g/mol. The van der Waals surface area contributed by atoms with Gasteiger partial charge in [-0.3, -0.25) is 0 Å². The zero-order valence-corrected chi connectivity index (χ0v) is 29.9. The van der Waals surface area contributed by atoms with E-state index in [1.807, 2.05) is 12.1 Å². The first-order chi connectivity index (χ1) is 22.0. The molecule has 9 nitrogen and oxygen atoms in total. The maximum Gasteiger partial charge on any atom is 0.224 e. The minimum atomic E-state index is -1.69. The Labute approximate surface area is 277 Å². The van der Waals surface area contributed by atoms with Crippen molar-refractivity contribution >= 4 is 20.1 Å². The van der Waals surface area contributed by atoms with Crippen LogP contribution in [0.1, 0.15) is 89.7 Å². The zero-order valence-electron chi connectivity index (χ0n) is 28.9. The van der Waals surface area contributed by atoms with Gasteiger partial charge in [-0.15, -0.1) is 0 Å². The van der Waals surface area contributed by atoms with Gasteiger partial charge >= 0.3 is 0 Å². The van der Waals surface area contributed by atoms with Gasteiger partial charge in [-0.05, 0) is 118 Å². The molecule has 7 rings (SSSR count). The van der Waals surface area contributed by atoms with Gasteiger partial charge in [-0.1, -0.05) is 26.8 Å². The predicted molar refractivity (Wildman–Crippen MR) is 185 cm³/mol. The fourth-order valence-electron chi connectivity index (χ4n) is 8.96. The van der Waals surface area contributed by atoms with E-state index in [1.165, 1.54) is 57.8 Å². The molecule has 10 heteroatoms. The van der Waals surface area contributed by atoms with Crippen LogP contribution in [0.4, 0.5) is 11.8 Å². The topological polar surface area (TPSA) is 117 Å². The Balaban J connectivity index is 1.01. The summed E-state index contributed by atoms with van der Waals surface area (Å²) in [6.45, 7) is 14.3. The van der Waals surface area contributed by atoms with Crippen LogP contribution in [0, 0.1) is 40.4 Å². The van der Waals surface area contributed by atoms with Crippen molar-refractivity contribution in [3.8, 4) is 11.9 Å². The van der Waals surface area contributed by atoms with Crippen LogP contribution < -0.4 is 20.7 Å². The first kappa shape index (κ1) is 33.2. The number of hydrogen-bond acceptors (Lipinski definition) is 9. The molecule has 2 aromatic rings. The molecule has 2 aromatic heterocycles. The highest BCUT2D eigenvalue weighted by Gasteiger charge is 2.55. The van der Waals surface area contributed by atoms with Crippen LogP contribution in [0.25, 0.3) is 0 Å². The summed E-state index contributed by atoms with van der Waals surface area (Å²) < 4.78 is 12.1.